The lowest BCUT2D eigenvalue weighted by Gasteiger charge is -2.27. The molecule has 0 radical (unpaired) electrons. The molecule has 100 valence electrons. The van der Waals surface area contributed by atoms with Crippen LogP contribution in [0.3, 0.4) is 0 Å². The second-order valence-electron chi connectivity index (χ2n) is 5.40. The number of benzene rings is 1. The number of hydrogen-bond acceptors (Lipinski definition) is 3. The number of piperidine rings is 1. The van der Waals surface area contributed by atoms with Gasteiger partial charge in [0.2, 0.25) is 11.8 Å². The minimum atomic E-state index is -0.247. The van der Waals surface area contributed by atoms with Crippen molar-refractivity contribution in [2.24, 2.45) is 5.92 Å². The van der Waals surface area contributed by atoms with Gasteiger partial charge in [0.05, 0.1) is 6.04 Å². The maximum absolute atomic E-state index is 11.8. The van der Waals surface area contributed by atoms with Crippen LogP contribution < -0.4 is 10.6 Å². The van der Waals surface area contributed by atoms with Crippen molar-refractivity contribution in [1.82, 2.24) is 10.6 Å². The first-order valence-electron chi connectivity index (χ1n) is 6.89. The van der Waals surface area contributed by atoms with Gasteiger partial charge in [0, 0.05) is 12.5 Å². The third-order valence-corrected chi connectivity index (χ3v) is 3.87. The summed E-state index contributed by atoms with van der Waals surface area (Å²) >= 11 is 0. The van der Waals surface area contributed by atoms with Crippen molar-refractivity contribution >= 4 is 11.8 Å². The largest absolute Gasteiger partial charge is 0.299 e. The van der Waals surface area contributed by atoms with Gasteiger partial charge in [-0.2, -0.15) is 0 Å². The first-order valence-corrected chi connectivity index (χ1v) is 6.89. The second kappa shape index (κ2) is 5.13. The quantitative estimate of drug-likeness (QED) is 0.805. The van der Waals surface area contributed by atoms with Crippen LogP contribution in [0, 0.1) is 5.92 Å². The summed E-state index contributed by atoms with van der Waals surface area (Å²) in [6.45, 7) is 0. The van der Waals surface area contributed by atoms with Crippen molar-refractivity contribution in [1.29, 1.82) is 0 Å². The summed E-state index contributed by atoms with van der Waals surface area (Å²) in [6, 6.07) is 10.2. The zero-order chi connectivity index (χ0) is 13.2. The Hall–Kier alpha value is -1.68. The van der Waals surface area contributed by atoms with Crippen molar-refractivity contribution in [3.8, 4) is 0 Å². The zero-order valence-electron chi connectivity index (χ0n) is 10.8. The maximum Gasteiger partial charge on any atom is 0.243 e. The van der Waals surface area contributed by atoms with E-state index in [4.69, 9.17) is 0 Å². The van der Waals surface area contributed by atoms with E-state index in [1.165, 1.54) is 18.4 Å². The molecule has 1 aromatic rings. The Balaban J connectivity index is 1.72. The predicted molar refractivity (Wildman–Crippen MR) is 71.2 cm³/mol. The summed E-state index contributed by atoms with van der Waals surface area (Å²) in [5, 5.41) is 5.85. The van der Waals surface area contributed by atoms with Crippen molar-refractivity contribution < 1.29 is 9.59 Å². The average Bonchev–Trinajstić information content (AvgIpc) is 3.23. The molecule has 3 rings (SSSR count). The van der Waals surface area contributed by atoms with Crippen LogP contribution >= 0.6 is 0 Å². The molecular formula is C15H18N2O2. The summed E-state index contributed by atoms with van der Waals surface area (Å²) in [7, 11) is 0. The van der Waals surface area contributed by atoms with Crippen LogP contribution in [0.2, 0.25) is 0 Å². The van der Waals surface area contributed by atoms with Crippen LogP contribution in [0.4, 0.5) is 0 Å². The summed E-state index contributed by atoms with van der Waals surface area (Å²) in [5.41, 5.74) is 1.23. The monoisotopic (exact) mass is 258 g/mol. The topological polar surface area (TPSA) is 58.2 Å². The van der Waals surface area contributed by atoms with E-state index in [0.717, 1.165) is 0 Å². The molecule has 0 bridgehead atoms. The van der Waals surface area contributed by atoms with Crippen LogP contribution in [0.1, 0.15) is 37.3 Å². The van der Waals surface area contributed by atoms with E-state index in [1.807, 2.05) is 18.2 Å². The SMILES string of the molecule is O=C1CCC(NC(c2ccccc2)C2CC2)C(=O)N1. The van der Waals surface area contributed by atoms with Gasteiger partial charge in [0.25, 0.3) is 0 Å². The number of rotatable bonds is 4. The molecule has 1 heterocycles. The summed E-state index contributed by atoms with van der Waals surface area (Å²) in [4.78, 5) is 23.0. The van der Waals surface area contributed by atoms with E-state index in [0.29, 0.717) is 18.8 Å². The van der Waals surface area contributed by atoms with E-state index in [2.05, 4.69) is 22.8 Å². The molecule has 1 aliphatic carbocycles. The van der Waals surface area contributed by atoms with Gasteiger partial charge in [-0.3, -0.25) is 20.2 Å². The lowest BCUT2D eigenvalue weighted by molar-refractivity contribution is -0.134. The highest BCUT2D eigenvalue weighted by molar-refractivity contribution is 6.00. The van der Waals surface area contributed by atoms with Gasteiger partial charge in [-0.15, -0.1) is 0 Å². The molecule has 0 spiro atoms. The number of imide groups is 1. The van der Waals surface area contributed by atoms with Gasteiger partial charge < -0.3 is 0 Å². The molecule has 1 saturated heterocycles. The highest BCUT2D eigenvalue weighted by atomic mass is 16.2. The number of amides is 2. The Labute approximate surface area is 112 Å². The van der Waals surface area contributed by atoms with Crippen LogP contribution in [0.5, 0.6) is 0 Å². The number of carbonyl (C=O) groups is 2. The van der Waals surface area contributed by atoms with Gasteiger partial charge in [-0.25, -0.2) is 0 Å². The van der Waals surface area contributed by atoms with Crippen LogP contribution in [0.25, 0.3) is 0 Å². The molecule has 2 amide bonds. The van der Waals surface area contributed by atoms with Crippen LogP contribution in [-0.4, -0.2) is 17.9 Å². The zero-order valence-corrected chi connectivity index (χ0v) is 10.8. The Morgan fingerprint density at radius 3 is 2.47 bits per heavy atom. The summed E-state index contributed by atoms with van der Waals surface area (Å²) in [6.07, 6.45) is 3.44. The van der Waals surface area contributed by atoms with Crippen molar-refractivity contribution in [2.45, 2.75) is 37.8 Å². The molecule has 2 atom stereocenters. The van der Waals surface area contributed by atoms with Gasteiger partial charge >= 0.3 is 0 Å². The van der Waals surface area contributed by atoms with Crippen molar-refractivity contribution in [2.75, 3.05) is 0 Å². The van der Waals surface area contributed by atoms with Gasteiger partial charge in [-0.1, -0.05) is 30.3 Å². The molecule has 2 N–H and O–H groups in total. The Bertz CT molecular complexity index is 482. The number of carbonyl (C=O) groups excluding carboxylic acids is 2. The second-order valence-corrected chi connectivity index (χ2v) is 5.40. The molecule has 2 fully saturated rings. The van der Waals surface area contributed by atoms with E-state index in [9.17, 15) is 9.59 Å². The molecule has 2 unspecified atom stereocenters. The number of hydrogen-bond donors (Lipinski definition) is 2. The third kappa shape index (κ3) is 2.84. The normalized spacial score (nSPS) is 24.9. The molecule has 1 aromatic carbocycles. The van der Waals surface area contributed by atoms with E-state index >= 15 is 0 Å². The fourth-order valence-electron chi connectivity index (χ4n) is 2.66. The van der Waals surface area contributed by atoms with Crippen LogP contribution in [-0.2, 0) is 9.59 Å². The summed E-state index contributed by atoms with van der Waals surface area (Å²) < 4.78 is 0. The van der Waals surface area contributed by atoms with Crippen molar-refractivity contribution in [3.05, 3.63) is 35.9 Å². The molecule has 1 aliphatic heterocycles. The molecule has 1 saturated carbocycles. The first-order chi connectivity index (χ1) is 9.24. The smallest absolute Gasteiger partial charge is 0.243 e. The van der Waals surface area contributed by atoms with E-state index in [1.54, 1.807) is 0 Å². The van der Waals surface area contributed by atoms with Gasteiger partial charge in [0.1, 0.15) is 0 Å². The number of nitrogens with one attached hydrogen (secondary N) is 2. The van der Waals surface area contributed by atoms with E-state index < -0.39 is 0 Å². The Morgan fingerprint density at radius 2 is 1.84 bits per heavy atom. The molecule has 2 aliphatic rings. The molecule has 19 heavy (non-hydrogen) atoms. The van der Waals surface area contributed by atoms with Crippen LogP contribution in [0.15, 0.2) is 30.3 Å². The molecule has 0 aromatic heterocycles. The standard InChI is InChI=1S/C15H18N2O2/c18-13-9-8-12(15(19)17-13)16-14(11-6-7-11)10-4-2-1-3-5-10/h1-5,11-12,14,16H,6-9H2,(H,17,18,19). The minimum Gasteiger partial charge on any atom is -0.299 e. The molecule has 4 nitrogen and oxygen atoms in total. The minimum absolute atomic E-state index is 0.161. The lowest BCUT2D eigenvalue weighted by atomic mass is 9.98. The maximum atomic E-state index is 11.8. The van der Waals surface area contributed by atoms with Gasteiger partial charge in [0.15, 0.2) is 0 Å². The van der Waals surface area contributed by atoms with Gasteiger partial charge in [-0.05, 0) is 30.7 Å². The Kier molecular flexibility index (Phi) is 3.34. The average molecular weight is 258 g/mol. The first kappa shape index (κ1) is 12.4. The fourth-order valence-corrected chi connectivity index (χ4v) is 2.66. The lowest BCUT2D eigenvalue weighted by Crippen LogP contribution is -2.51. The fraction of sp³-hybridized carbons (Fsp3) is 0.467. The highest BCUT2D eigenvalue weighted by Crippen LogP contribution is 2.41. The van der Waals surface area contributed by atoms with Crippen molar-refractivity contribution in [3.63, 3.8) is 0 Å². The summed E-state index contributed by atoms with van der Waals surface area (Å²) in [5.74, 6) is 0.274. The highest BCUT2D eigenvalue weighted by Gasteiger charge is 2.36. The molecular weight excluding hydrogens is 240 g/mol. The molecule has 4 heteroatoms. The predicted octanol–water partition coefficient (Wildman–Crippen LogP) is 1.53. The Morgan fingerprint density at radius 1 is 1.11 bits per heavy atom. The third-order valence-electron chi connectivity index (χ3n) is 3.87. The van der Waals surface area contributed by atoms with E-state index in [-0.39, 0.29) is 23.9 Å².